The van der Waals surface area contributed by atoms with Gasteiger partial charge in [0.05, 0.1) is 6.04 Å². The third-order valence-corrected chi connectivity index (χ3v) is 4.60. The lowest BCUT2D eigenvalue weighted by molar-refractivity contribution is -0.122. The molecule has 4 N–H and O–H groups in total. The molecule has 1 amide bonds. The summed E-state index contributed by atoms with van der Waals surface area (Å²) in [6, 6.07) is 15.7. The molecule has 1 atom stereocenters. The number of nitrogens with two attached hydrogens (primary N) is 1. The summed E-state index contributed by atoms with van der Waals surface area (Å²) >= 11 is 0. The van der Waals surface area contributed by atoms with E-state index in [4.69, 9.17) is 5.73 Å². The Labute approximate surface area is 160 Å². The van der Waals surface area contributed by atoms with Crippen LogP contribution in [-0.4, -0.2) is 23.5 Å². The van der Waals surface area contributed by atoms with Gasteiger partial charge in [-0.05, 0) is 36.0 Å². The number of hydrogen-bond acceptors (Lipinski definition) is 2. The average Bonchev–Trinajstić information content (AvgIpc) is 3.05. The molecule has 0 aliphatic rings. The second-order valence-corrected chi connectivity index (χ2v) is 6.34. The van der Waals surface area contributed by atoms with Gasteiger partial charge in [-0.1, -0.05) is 55.5 Å². The van der Waals surface area contributed by atoms with Crippen molar-refractivity contribution in [2.75, 3.05) is 6.54 Å². The molecule has 0 aliphatic heterocycles. The van der Waals surface area contributed by atoms with Crippen LogP contribution >= 0.6 is 12.4 Å². The fraction of sp³-hybridized carbons (Fsp3) is 0.286. The molecule has 0 bridgehead atoms. The number of aryl methyl sites for hydroxylation is 1. The van der Waals surface area contributed by atoms with Crippen LogP contribution in [0.3, 0.4) is 0 Å². The van der Waals surface area contributed by atoms with E-state index in [2.05, 4.69) is 35.4 Å². The van der Waals surface area contributed by atoms with Gasteiger partial charge in [0, 0.05) is 23.6 Å². The van der Waals surface area contributed by atoms with Crippen molar-refractivity contribution < 1.29 is 4.79 Å². The first-order valence-corrected chi connectivity index (χ1v) is 8.84. The van der Waals surface area contributed by atoms with Gasteiger partial charge in [-0.2, -0.15) is 0 Å². The van der Waals surface area contributed by atoms with Gasteiger partial charge in [0.1, 0.15) is 0 Å². The number of hydrogen-bond donors (Lipinski definition) is 3. The van der Waals surface area contributed by atoms with Gasteiger partial charge in [0.25, 0.3) is 0 Å². The van der Waals surface area contributed by atoms with Crippen LogP contribution in [0.1, 0.15) is 23.6 Å². The number of H-pyrrole nitrogens is 1. The van der Waals surface area contributed by atoms with E-state index in [-0.39, 0.29) is 18.3 Å². The predicted octanol–water partition coefficient (Wildman–Crippen LogP) is 3.38. The number of carbonyl (C=O) groups is 1. The van der Waals surface area contributed by atoms with E-state index in [0.29, 0.717) is 13.0 Å². The molecule has 0 spiro atoms. The third kappa shape index (κ3) is 4.65. The summed E-state index contributed by atoms with van der Waals surface area (Å²) < 4.78 is 0. The highest BCUT2D eigenvalue weighted by molar-refractivity contribution is 5.86. The fourth-order valence-electron chi connectivity index (χ4n) is 3.19. The first kappa shape index (κ1) is 20.0. The monoisotopic (exact) mass is 371 g/mol. The van der Waals surface area contributed by atoms with Gasteiger partial charge in [0.2, 0.25) is 5.91 Å². The number of para-hydroxylation sites is 1. The van der Waals surface area contributed by atoms with Gasteiger partial charge in [-0.3, -0.25) is 4.79 Å². The van der Waals surface area contributed by atoms with Crippen molar-refractivity contribution in [2.45, 2.75) is 32.2 Å². The van der Waals surface area contributed by atoms with Crippen molar-refractivity contribution in [1.82, 2.24) is 10.3 Å². The molecular formula is C21H26ClN3O. The number of fused-ring (bicyclic) bond motifs is 1. The molecular weight excluding hydrogens is 346 g/mol. The number of carbonyl (C=O) groups excluding carboxylic acids is 1. The summed E-state index contributed by atoms with van der Waals surface area (Å²) in [5.41, 5.74) is 10.8. The number of aromatic nitrogens is 1. The van der Waals surface area contributed by atoms with E-state index in [1.54, 1.807) is 0 Å². The maximum absolute atomic E-state index is 12.2. The Hall–Kier alpha value is -2.30. The minimum atomic E-state index is -0.517. The van der Waals surface area contributed by atoms with Gasteiger partial charge >= 0.3 is 0 Å². The molecule has 2 aromatic carbocycles. The molecule has 0 saturated carbocycles. The summed E-state index contributed by atoms with van der Waals surface area (Å²) in [5.74, 6) is -0.0991. The van der Waals surface area contributed by atoms with E-state index >= 15 is 0 Å². The highest BCUT2D eigenvalue weighted by Gasteiger charge is 2.14. The van der Waals surface area contributed by atoms with Crippen LogP contribution in [0.15, 0.2) is 54.7 Å². The topological polar surface area (TPSA) is 70.9 Å². The van der Waals surface area contributed by atoms with Crippen LogP contribution in [0, 0.1) is 0 Å². The van der Waals surface area contributed by atoms with Gasteiger partial charge < -0.3 is 16.0 Å². The minimum absolute atomic E-state index is 0. The van der Waals surface area contributed by atoms with E-state index in [1.165, 1.54) is 22.0 Å². The molecule has 26 heavy (non-hydrogen) atoms. The van der Waals surface area contributed by atoms with E-state index in [9.17, 15) is 4.79 Å². The Bertz CT molecular complexity index is 845. The molecule has 4 nitrogen and oxygen atoms in total. The predicted molar refractivity (Wildman–Crippen MR) is 110 cm³/mol. The molecule has 0 unspecified atom stereocenters. The number of halogens is 1. The molecule has 0 saturated heterocycles. The van der Waals surface area contributed by atoms with Crippen molar-refractivity contribution in [3.63, 3.8) is 0 Å². The van der Waals surface area contributed by atoms with Crippen LogP contribution in [-0.2, 0) is 24.1 Å². The van der Waals surface area contributed by atoms with E-state index < -0.39 is 6.04 Å². The number of aromatic amines is 1. The summed E-state index contributed by atoms with van der Waals surface area (Å²) in [6.45, 7) is 2.74. The van der Waals surface area contributed by atoms with E-state index in [0.717, 1.165) is 18.4 Å². The average molecular weight is 372 g/mol. The Morgan fingerprint density at radius 3 is 2.62 bits per heavy atom. The zero-order valence-corrected chi connectivity index (χ0v) is 15.8. The minimum Gasteiger partial charge on any atom is -0.361 e. The Morgan fingerprint density at radius 1 is 1.12 bits per heavy atom. The number of benzene rings is 2. The molecule has 0 aliphatic carbocycles. The lowest BCUT2D eigenvalue weighted by Crippen LogP contribution is -2.42. The van der Waals surface area contributed by atoms with E-state index in [1.807, 2.05) is 36.5 Å². The van der Waals surface area contributed by atoms with Crippen LogP contribution in [0.5, 0.6) is 0 Å². The quantitative estimate of drug-likeness (QED) is 0.595. The number of nitrogens with one attached hydrogen (secondary N) is 2. The largest absolute Gasteiger partial charge is 0.361 e. The zero-order valence-electron chi connectivity index (χ0n) is 15.0. The fourth-order valence-corrected chi connectivity index (χ4v) is 3.19. The van der Waals surface area contributed by atoms with Crippen molar-refractivity contribution in [2.24, 2.45) is 5.73 Å². The molecule has 138 valence electrons. The maximum Gasteiger partial charge on any atom is 0.237 e. The normalized spacial score (nSPS) is 11.8. The molecule has 3 rings (SSSR count). The van der Waals surface area contributed by atoms with Gasteiger partial charge in [-0.15, -0.1) is 12.4 Å². The van der Waals surface area contributed by atoms with Crippen LogP contribution in [0.4, 0.5) is 0 Å². The van der Waals surface area contributed by atoms with Crippen LogP contribution in [0.2, 0.25) is 0 Å². The zero-order chi connectivity index (χ0) is 17.6. The summed E-state index contributed by atoms with van der Waals surface area (Å²) in [4.78, 5) is 15.6. The molecule has 1 heterocycles. The summed E-state index contributed by atoms with van der Waals surface area (Å²) in [6.07, 6.45) is 4.39. The number of rotatable bonds is 7. The molecule has 0 fully saturated rings. The van der Waals surface area contributed by atoms with Crippen LogP contribution < -0.4 is 11.1 Å². The summed E-state index contributed by atoms with van der Waals surface area (Å²) in [7, 11) is 0. The Kier molecular flexibility index (Phi) is 7.25. The number of amides is 1. The Morgan fingerprint density at radius 2 is 1.88 bits per heavy atom. The third-order valence-electron chi connectivity index (χ3n) is 4.60. The first-order chi connectivity index (χ1) is 12.2. The van der Waals surface area contributed by atoms with Gasteiger partial charge in [0.15, 0.2) is 0 Å². The highest BCUT2D eigenvalue weighted by atomic mass is 35.5. The smallest absolute Gasteiger partial charge is 0.237 e. The molecule has 5 heteroatoms. The Balaban J connectivity index is 0.00000243. The van der Waals surface area contributed by atoms with Crippen molar-refractivity contribution in [3.8, 4) is 0 Å². The maximum atomic E-state index is 12.2. The van der Waals surface area contributed by atoms with Crippen molar-refractivity contribution >= 4 is 29.2 Å². The molecule has 3 aromatic rings. The lowest BCUT2D eigenvalue weighted by Gasteiger charge is -2.12. The highest BCUT2D eigenvalue weighted by Crippen LogP contribution is 2.22. The second-order valence-electron chi connectivity index (χ2n) is 6.34. The van der Waals surface area contributed by atoms with Crippen molar-refractivity contribution in [1.29, 1.82) is 0 Å². The lowest BCUT2D eigenvalue weighted by atomic mass is 10.0. The second kappa shape index (κ2) is 9.41. The van der Waals surface area contributed by atoms with Gasteiger partial charge in [-0.25, -0.2) is 0 Å². The summed E-state index contributed by atoms with van der Waals surface area (Å²) in [5, 5.41) is 4.19. The first-order valence-electron chi connectivity index (χ1n) is 8.84. The van der Waals surface area contributed by atoms with Crippen LogP contribution in [0.25, 0.3) is 10.9 Å². The molecule has 1 aromatic heterocycles. The standard InChI is InChI=1S/C21H25N3O.ClH/c1-2-16-9-6-10-18-17(14-24-20(16)18)11-12-23-21(25)19(22)13-15-7-4-3-5-8-15;/h3-10,14,19,24H,2,11-13,22H2,1H3,(H,23,25);1H/t19-;/m0./s1. The van der Waals surface area contributed by atoms with Crippen molar-refractivity contribution in [3.05, 3.63) is 71.4 Å². The molecule has 0 radical (unpaired) electrons. The SMILES string of the molecule is CCc1cccc2c(CCNC(=O)[C@@H](N)Cc3ccccc3)c[nH]c12.Cl.